The van der Waals surface area contributed by atoms with E-state index in [4.69, 9.17) is 15.3 Å². The summed E-state index contributed by atoms with van der Waals surface area (Å²) < 4.78 is 0. The van der Waals surface area contributed by atoms with E-state index < -0.39 is 5.41 Å². The summed E-state index contributed by atoms with van der Waals surface area (Å²) in [4.78, 5) is 6.42. The first kappa shape index (κ1) is 13.1. The van der Waals surface area contributed by atoms with Gasteiger partial charge in [0.1, 0.15) is 0 Å². The van der Waals surface area contributed by atoms with Gasteiger partial charge in [-0.15, -0.1) is 0 Å². The number of aromatic nitrogens is 2. The van der Waals surface area contributed by atoms with Crippen LogP contribution in [-0.2, 0) is 0 Å². The molecule has 4 N–H and O–H groups in total. The van der Waals surface area contributed by atoms with Crippen molar-refractivity contribution in [2.45, 2.75) is 13.3 Å². The molecular weight excluding hydrogens is 184 g/mol. The first-order valence-electron chi connectivity index (χ1n) is 4.50. The van der Waals surface area contributed by atoms with Gasteiger partial charge in [0.25, 0.3) is 0 Å². The molecule has 0 saturated heterocycles. The molecule has 0 aliphatic carbocycles. The zero-order valence-electron chi connectivity index (χ0n) is 8.35. The molecule has 0 aliphatic rings. The maximum absolute atomic E-state index is 8.66. The molecule has 0 fully saturated rings. The number of imidazole rings is 1. The van der Waals surface area contributed by atoms with Crippen molar-refractivity contribution in [3.05, 3.63) is 18.7 Å². The number of rotatable bonds is 4. The average molecular weight is 202 g/mol. The minimum Gasteiger partial charge on any atom is -0.396 e. The fourth-order valence-electron chi connectivity index (χ4n) is 0.701. The first-order chi connectivity index (χ1) is 6.74. The molecule has 0 bridgehead atoms. The molecule has 14 heavy (non-hydrogen) atoms. The predicted molar refractivity (Wildman–Crippen MR) is 52.6 cm³/mol. The predicted octanol–water partition coefficient (Wildman–Crippen LogP) is -0.231. The van der Waals surface area contributed by atoms with Crippen LogP contribution in [0.3, 0.4) is 0 Å². The lowest BCUT2D eigenvalue weighted by atomic mass is 9.88. The van der Waals surface area contributed by atoms with Crippen molar-refractivity contribution in [2.24, 2.45) is 5.41 Å². The number of aliphatic hydroxyl groups is 3. The number of H-pyrrole nitrogens is 1. The van der Waals surface area contributed by atoms with E-state index in [1.807, 2.05) is 6.92 Å². The summed E-state index contributed by atoms with van der Waals surface area (Å²) >= 11 is 0. The van der Waals surface area contributed by atoms with Gasteiger partial charge in [-0.1, -0.05) is 6.92 Å². The van der Waals surface area contributed by atoms with Gasteiger partial charge in [0, 0.05) is 17.8 Å². The van der Waals surface area contributed by atoms with E-state index in [0.717, 1.165) is 0 Å². The lowest BCUT2D eigenvalue weighted by Crippen LogP contribution is -2.32. The molecule has 0 atom stereocenters. The lowest BCUT2D eigenvalue weighted by molar-refractivity contribution is 0.00304. The molecule has 1 aromatic heterocycles. The molecule has 1 heterocycles. The van der Waals surface area contributed by atoms with E-state index in [2.05, 4.69) is 9.97 Å². The van der Waals surface area contributed by atoms with Crippen LogP contribution in [0.15, 0.2) is 18.7 Å². The van der Waals surface area contributed by atoms with Crippen LogP contribution in [0.1, 0.15) is 13.3 Å². The Balaban J connectivity index is 0.000000280. The van der Waals surface area contributed by atoms with Crippen LogP contribution < -0.4 is 0 Å². The average Bonchev–Trinajstić information content (AvgIpc) is 2.80. The Morgan fingerprint density at radius 3 is 1.86 bits per heavy atom. The fourth-order valence-corrected chi connectivity index (χ4v) is 0.701. The van der Waals surface area contributed by atoms with Crippen LogP contribution in [0, 0.1) is 5.41 Å². The van der Waals surface area contributed by atoms with Gasteiger partial charge < -0.3 is 20.3 Å². The molecule has 0 unspecified atom stereocenters. The molecule has 5 nitrogen and oxygen atoms in total. The SMILES string of the molecule is CCC(CO)(CO)CO.c1c[nH]cn1. The number of hydrogen-bond donors (Lipinski definition) is 4. The fraction of sp³-hybridized carbons (Fsp3) is 0.667. The summed E-state index contributed by atoms with van der Waals surface area (Å²) in [6, 6.07) is 0. The van der Waals surface area contributed by atoms with Gasteiger partial charge in [0.15, 0.2) is 0 Å². The van der Waals surface area contributed by atoms with Crippen molar-refractivity contribution < 1.29 is 15.3 Å². The Kier molecular flexibility index (Phi) is 7.00. The summed E-state index contributed by atoms with van der Waals surface area (Å²) in [6.07, 6.45) is 5.68. The highest BCUT2D eigenvalue weighted by Crippen LogP contribution is 2.18. The molecule has 0 saturated carbocycles. The molecule has 0 aromatic carbocycles. The van der Waals surface area contributed by atoms with Crippen molar-refractivity contribution in [2.75, 3.05) is 19.8 Å². The van der Waals surface area contributed by atoms with Gasteiger partial charge >= 0.3 is 0 Å². The van der Waals surface area contributed by atoms with Gasteiger partial charge in [-0.2, -0.15) is 0 Å². The molecule has 1 aromatic rings. The monoisotopic (exact) mass is 202 g/mol. The standard InChI is InChI=1S/C6H14O3.C3H4N2/c1-2-6(3-7,4-8)5-9;1-2-5-3-4-1/h7-9H,2-5H2,1H3;1-3H,(H,4,5). The highest BCUT2D eigenvalue weighted by atomic mass is 16.3. The van der Waals surface area contributed by atoms with Gasteiger partial charge in [-0.05, 0) is 6.42 Å². The topological polar surface area (TPSA) is 89.4 Å². The third-order valence-electron chi connectivity index (χ3n) is 2.16. The molecule has 0 spiro atoms. The van der Waals surface area contributed by atoms with Crippen LogP contribution in [0.2, 0.25) is 0 Å². The van der Waals surface area contributed by atoms with Crippen molar-refractivity contribution in [3.63, 3.8) is 0 Å². The summed E-state index contributed by atoms with van der Waals surface area (Å²) in [5.74, 6) is 0. The minimum absolute atomic E-state index is 0.156. The second kappa shape index (κ2) is 7.49. The van der Waals surface area contributed by atoms with Gasteiger partial charge in [-0.3, -0.25) is 0 Å². The molecular formula is C9H18N2O3. The normalized spacial score (nSPS) is 10.6. The van der Waals surface area contributed by atoms with E-state index >= 15 is 0 Å². The quantitative estimate of drug-likeness (QED) is 0.543. The number of aliphatic hydroxyl groups excluding tert-OH is 3. The molecule has 0 amide bonds. The van der Waals surface area contributed by atoms with Crippen LogP contribution in [0.4, 0.5) is 0 Å². The largest absolute Gasteiger partial charge is 0.396 e. The second-order valence-corrected chi connectivity index (χ2v) is 3.09. The molecule has 5 heteroatoms. The summed E-state index contributed by atoms with van der Waals surface area (Å²) in [5, 5.41) is 26.0. The maximum atomic E-state index is 8.66. The van der Waals surface area contributed by atoms with Crippen LogP contribution >= 0.6 is 0 Å². The minimum atomic E-state index is -0.667. The number of hydrogen-bond acceptors (Lipinski definition) is 4. The molecule has 0 radical (unpaired) electrons. The Bertz CT molecular complexity index is 163. The molecule has 0 aliphatic heterocycles. The highest BCUT2D eigenvalue weighted by molar-refractivity contribution is 4.74. The summed E-state index contributed by atoms with van der Waals surface area (Å²) in [6.45, 7) is 1.35. The van der Waals surface area contributed by atoms with E-state index in [1.165, 1.54) is 0 Å². The number of nitrogens with one attached hydrogen (secondary N) is 1. The Morgan fingerprint density at radius 1 is 1.21 bits per heavy atom. The van der Waals surface area contributed by atoms with E-state index in [-0.39, 0.29) is 19.8 Å². The lowest BCUT2D eigenvalue weighted by Gasteiger charge is -2.24. The zero-order chi connectivity index (χ0) is 10.9. The second-order valence-electron chi connectivity index (χ2n) is 3.09. The van der Waals surface area contributed by atoms with E-state index in [1.54, 1.807) is 18.7 Å². The Labute approximate surface area is 83.4 Å². The Morgan fingerprint density at radius 2 is 1.79 bits per heavy atom. The van der Waals surface area contributed by atoms with Gasteiger partial charge in [0.05, 0.1) is 26.1 Å². The third kappa shape index (κ3) is 4.36. The Hall–Kier alpha value is -0.910. The number of aromatic amines is 1. The van der Waals surface area contributed by atoms with E-state index in [0.29, 0.717) is 6.42 Å². The summed E-state index contributed by atoms with van der Waals surface area (Å²) in [7, 11) is 0. The zero-order valence-corrected chi connectivity index (χ0v) is 8.35. The molecule has 1 rings (SSSR count). The third-order valence-corrected chi connectivity index (χ3v) is 2.16. The van der Waals surface area contributed by atoms with Crippen LogP contribution in [0.25, 0.3) is 0 Å². The van der Waals surface area contributed by atoms with Crippen LogP contribution in [-0.4, -0.2) is 45.1 Å². The van der Waals surface area contributed by atoms with Crippen molar-refractivity contribution in [1.29, 1.82) is 0 Å². The van der Waals surface area contributed by atoms with E-state index in [9.17, 15) is 0 Å². The maximum Gasteiger partial charge on any atom is 0.0919 e. The van der Waals surface area contributed by atoms with Gasteiger partial charge in [-0.25, -0.2) is 4.98 Å². The first-order valence-corrected chi connectivity index (χ1v) is 4.50. The smallest absolute Gasteiger partial charge is 0.0919 e. The van der Waals surface area contributed by atoms with Crippen molar-refractivity contribution >= 4 is 0 Å². The molecule has 82 valence electrons. The van der Waals surface area contributed by atoms with Crippen molar-refractivity contribution in [1.82, 2.24) is 9.97 Å². The summed E-state index contributed by atoms with van der Waals surface area (Å²) in [5.41, 5.74) is -0.667. The van der Waals surface area contributed by atoms with Gasteiger partial charge in [0.2, 0.25) is 0 Å². The number of nitrogens with zero attached hydrogens (tertiary/aromatic N) is 1. The van der Waals surface area contributed by atoms with Crippen molar-refractivity contribution in [3.8, 4) is 0 Å². The highest BCUT2D eigenvalue weighted by Gasteiger charge is 2.24. The van der Waals surface area contributed by atoms with Crippen LogP contribution in [0.5, 0.6) is 0 Å².